The van der Waals surface area contributed by atoms with Crippen LogP contribution in [0.15, 0.2) is 12.2 Å². The van der Waals surface area contributed by atoms with Crippen molar-refractivity contribution >= 4 is 0 Å². The van der Waals surface area contributed by atoms with Crippen LogP contribution < -0.4 is 5.73 Å². The van der Waals surface area contributed by atoms with Gasteiger partial charge in [-0.05, 0) is 18.5 Å². The third kappa shape index (κ3) is 6.91. The number of nitrogens with two attached hydrogens (primary N) is 1. The first-order valence-corrected chi connectivity index (χ1v) is 4.55. The molecule has 0 spiro atoms. The molecule has 0 aliphatic carbocycles. The number of rotatable bonds is 6. The number of hydrogen-bond donors (Lipinski definition) is 1. The average Bonchev–Trinajstić information content (AvgIpc) is 2.01. The lowest BCUT2D eigenvalue weighted by Crippen LogP contribution is -2.36. The van der Waals surface area contributed by atoms with Gasteiger partial charge in [0.2, 0.25) is 0 Å². The van der Waals surface area contributed by atoms with Gasteiger partial charge < -0.3 is 5.73 Å². The summed E-state index contributed by atoms with van der Waals surface area (Å²) in [5.74, 6) is 0. The van der Waals surface area contributed by atoms with Crippen molar-refractivity contribution in [1.29, 1.82) is 0 Å². The lowest BCUT2D eigenvalue weighted by atomic mass is 10.2. The number of nitrogens with zero attached hydrogens (tertiary/aromatic N) is 1. The molecule has 2 N–H and O–H groups in total. The van der Waals surface area contributed by atoms with E-state index in [1.165, 1.54) is 4.90 Å². The Morgan fingerprint density at radius 1 is 1.43 bits per heavy atom. The van der Waals surface area contributed by atoms with Crippen LogP contribution in [-0.4, -0.2) is 37.3 Å². The van der Waals surface area contributed by atoms with Gasteiger partial charge in [-0.15, -0.1) is 0 Å². The van der Waals surface area contributed by atoms with Crippen molar-refractivity contribution < 1.29 is 13.2 Å². The van der Waals surface area contributed by atoms with Gasteiger partial charge in [0.05, 0.1) is 6.54 Å². The quantitative estimate of drug-likeness (QED) is 0.677. The Bertz CT molecular complexity index is 177. The van der Waals surface area contributed by atoms with Crippen molar-refractivity contribution in [3.8, 4) is 0 Å². The van der Waals surface area contributed by atoms with E-state index in [1.807, 2.05) is 6.92 Å². The maximum absolute atomic E-state index is 12.1. The second-order valence-electron chi connectivity index (χ2n) is 3.28. The second-order valence-corrected chi connectivity index (χ2v) is 3.28. The monoisotopic (exact) mass is 210 g/mol. The first-order chi connectivity index (χ1) is 6.39. The van der Waals surface area contributed by atoms with Crippen LogP contribution in [0.1, 0.15) is 13.3 Å². The molecule has 5 heteroatoms. The van der Waals surface area contributed by atoms with E-state index in [0.29, 0.717) is 18.5 Å². The fourth-order valence-electron chi connectivity index (χ4n) is 1.16. The molecule has 0 aliphatic heterocycles. The van der Waals surface area contributed by atoms with E-state index in [0.717, 1.165) is 0 Å². The van der Waals surface area contributed by atoms with E-state index in [1.54, 1.807) is 0 Å². The van der Waals surface area contributed by atoms with Gasteiger partial charge in [0.1, 0.15) is 0 Å². The first kappa shape index (κ1) is 13.4. The molecule has 0 saturated carbocycles. The van der Waals surface area contributed by atoms with Crippen molar-refractivity contribution in [2.75, 3.05) is 26.2 Å². The molecule has 2 nitrogen and oxygen atoms in total. The van der Waals surface area contributed by atoms with Gasteiger partial charge in [-0.1, -0.05) is 13.5 Å². The van der Waals surface area contributed by atoms with Crippen molar-refractivity contribution in [3.63, 3.8) is 0 Å². The highest BCUT2D eigenvalue weighted by molar-refractivity contribution is 4.98. The van der Waals surface area contributed by atoms with E-state index >= 15 is 0 Å². The number of hydrogen-bond acceptors (Lipinski definition) is 2. The Labute approximate surface area is 82.6 Å². The average molecular weight is 210 g/mol. The molecule has 0 aromatic rings. The summed E-state index contributed by atoms with van der Waals surface area (Å²) < 4.78 is 36.2. The highest BCUT2D eigenvalue weighted by Crippen LogP contribution is 2.17. The summed E-state index contributed by atoms with van der Waals surface area (Å²) in [4.78, 5) is 1.31. The van der Waals surface area contributed by atoms with Crippen LogP contribution in [0.4, 0.5) is 13.2 Å². The molecule has 14 heavy (non-hydrogen) atoms. The van der Waals surface area contributed by atoms with Crippen LogP contribution >= 0.6 is 0 Å². The van der Waals surface area contributed by atoms with Gasteiger partial charge in [-0.25, -0.2) is 0 Å². The summed E-state index contributed by atoms with van der Waals surface area (Å²) in [5.41, 5.74) is 5.90. The van der Waals surface area contributed by atoms with Crippen LogP contribution in [0.3, 0.4) is 0 Å². The summed E-state index contributed by atoms with van der Waals surface area (Å²) >= 11 is 0. The Kier molecular flexibility index (Phi) is 5.79. The van der Waals surface area contributed by atoms with Gasteiger partial charge in [0.15, 0.2) is 0 Å². The minimum atomic E-state index is -4.15. The zero-order chi connectivity index (χ0) is 11.2. The van der Waals surface area contributed by atoms with Gasteiger partial charge in [-0.2, -0.15) is 13.2 Å². The minimum absolute atomic E-state index is 0.226. The van der Waals surface area contributed by atoms with Crippen LogP contribution in [0, 0.1) is 0 Å². The normalized spacial score (nSPS) is 12.1. The molecule has 0 saturated heterocycles. The third-order valence-corrected chi connectivity index (χ3v) is 1.68. The molecule has 0 fully saturated rings. The summed E-state index contributed by atoms with van der Waals surface area (Å²) in [5, 5.41) is 0. The summed E-state index contributed by atoms with van der Waals surface area (Å²) in [6, 6.07) is 0. The molecule has 0 amide bonds. The zero-order valence-electron chi connectivity index (χ0n) is 8.40. The molecule has 0 aromatic carbocycles. The smallest absolute Gasteiger partial charge is 0.327 e. The maximum atomic E-state index is 12.1. The highest BCUT2D eigenvalue weighted by Gasteiger charge is 2.30. The standard InChI is InChI=1S/C9H17F3N2/c1-3-4-14(6-8(2)5-13)7-9(10,11)12/h2-7,13H2,1H3. The second kappa shape index (κ2) is 6.03. The van der Waals surface area contributed by atoms with Crippen molar-refractivity contribution in [3.05, 3.63) is 12.2 Å². The number of halogens is 3. The number of alkyl halides is 3. The molecular weight excluding hydrogens is 193 g/mol. The summed E-state index contributed by atoms with van der Waals surface area (Å²) in [7, 11) is 0. The molecule has 0 bridgehead atoms. The molecular formula is C9H17F3N2. The molecule has 0 heterocycles. The Morgan fingerprint density at radius 3 is 2.36 bits per heavy atom. The Hall–Kier alpha value is -0.550. The van der Waals surface area contributed by atoms with E-state index in [-0.39, 0.29) is 13.1 Å². The van der Waals surface area contributed by atoms with Gasteiger partial charge in [-0.3, -0.25) is 4.90 Å². The highest BCUT2D eigenvalue weighted by atomic mass is 19.4. The predicted molar refractivity (Wildman–Crippen MR) is 51.0 cm³/mol. The van der Waals surface area contributed by atoms with E-state index < -0.39 is 12.7 Å². The zero-order valence-corrected chi connectivity index (χ0v) is 8.40. The maximum Gasteiger partial charge on any atom is 0.401 e. The van der Waals surface area contributed by atoms with Crippen molar-refractivity contribution in [2.45, 2.75) is 19.5 Å². The van der Waals surface area contributed by atoms with Crippen LogP contribution in [0.2, 0.25) is 0 Å². The lowest BCUT2D eigenvalue weighted by Gasteiger charge is -2.23. The van der Waals surface area contributed by atoms with Crippen molar-refractivity contribution in [1.82, 2.24) is 4.90 Å². The van der Waals surface area contributed by atoms with Crippen LogP contribution in [0.25, 0.3) is 0 Å². The fourth-order valence-corrected chi connectivity index (χ4v) is 1.16. The molecule has 0 aliphatic rings. The van der Waals surface area contributed by atoms with Gasteiger partial charge in [0.25, 0.3) is 0 Å². The van der Waals surface area contributed by atoms with Crippen LogP contribution in [-0.2, 0) is 0 Å². The Balaban J connectivity index is 4.08. The summed E-state index contributed by atoms with van der Waals surface area (Å²) in [6.07, 6.45) is -3.46. The third-order valence-electron chi connectivity index (χ3n) is 1.68. The molecule has 0 unspecified atom stereocenters. The van der Waals surface area contributed by atoms with E-state index in [2.05, 4.69) is 6.58 Å². The molecule has 84 valence electrons. The lowest BCUT2D eigenvalue weighted by molar-refractivity contribution is -0.145. The van der Waals surface area contributed by atoms with Gasteiger partial charge >= 0.3 is 6.18 Å². The molecule has 0 aromatic heterocycles. The fraction of sp³-hybridized carbons (Fsp3) is 0.778. The SMILES string of the molecule is C=C(CN)CN(CCC)CC(F)(F)F. The first-order valence-electron chi connectivity index (χ1n) is 4.55. The molecule has 0 radical (unpaired) electrons. The van der Waals surface area contributed by atoms with Gasteiger partial charge in [0, 0.05) is 13.1 Å². The van der Waals surface area contributed by atoms with E-state index in [9.17, 15) is 13.2 Å². The minimum Gasteiger partial charge on any atom is -0.327 e. The largest absolute Gasteiger partial charge is 0.401 e. The Morgan fingerprint density at radius 2 is 2.00 bits per heavy atom. The van der Waals surface area contributed by atoms with Crippen LogP contribution in [0.5, 0.6) is 0 Å². The predicted octanol–water partition coefficient (Wildman–Crippen LogP) is 1.78. The van der Waals surface area contributed by atoms with Crippen molar-refractivity contribution in [2.24, 2.45) is 5.73 Å². The molecule has 0 rings (SSSR count). The van der Waals surface area contributed by atoms with E-state index in [4.69, 9.17) is 5.73 Å². The topological polar surface area (TPSA) is 29.3 Å². The molecule has 0 atom stereocenters. The summed E-state index contributed by atoms with van der Waals surface area (Å²) in [6.45, 7) is 5.42.